The van der Waals surface area contributed by atoms with Gasteiger partial charge in [-0.25, -0.2) is 64.8 Å². The van der Waals surface area contributed by atoms with E-state index in [0.717, 1.165) is 47.8 Å². The SMILES string of the molecule is C#CCOc1cnc(/C(F)=C/c2ccc(F)c([C@@]3(C)N=C(N(COCC[Si](C)(C)C)C(=O)OC(C)(C)C)S[C@@]4(C(=O)O)C[C@H]43)c2)cn1.C#CCOc1cnc(/C(F)=C/c2ccc(F)c([C@@]3(C)N=C(N)S[C@@]4(C(=O)NCC(F)F)C[C@H]43)c2)cn1.NCC(F)F. The normalized spacial score (nSPS) is 22.7. The van der Waals surface area contributed by atoms with Crippen LogP contribution in [0.2, 0.25) is 25.7 Å². The molecular formula is C59H66F8N10O8S2Si. The van der Waals surface area contributed by atoms with Crippen molar-refractivity contribution < 1.29 is 73.6 Å². The number of fused-ring (bicyclic) bond motifs is 2. The van der Waals surface area contributed by atoms with E-state index in [9.17, 15) is 41.4 Å². The van der Waals surface area contributed by atoms with E-state index in [2.05, 4.69) is 67.5 Å². The number of aromatic nitrogens is 4. The molecule has 2 amide bonds. The lowest BCUT2D eigenvalue weighted by atomic mass is 9.84. The number of nitrogens with one attached hydrogen (secondary N) is 1. The van der Waals surface area contributed by atoms with E-state index in [1.165, 1.54) is 60.0 Å². The monoisotopic (exact) mass is 1290 g/mol. The third-order valence-electron chi connectivity index (χ3n) is 13.8. The molecule has 472 valence electrons. The highest BCUT2D eigenvalue weighted by Crippen LogP contribution is 2.67. The maximum absolute atomic E-state index is 15.7. The number of ether oxygens (including phenoxy) is 4. The maximum atomic E-state index is 15.7. The molecule has 29 heteroatoms. The van der Waals surface area contributed by atoms with Crippen LogP contribution in [0, 0.1) is 48.2 Å². The minimum atomic E-state index is -2.71. The average Bonchev–Trinajstić information content (AvgIpc) is 1.55. The zero-order chi connectivity index (χ0) is 65.2. The first kappa shape index (κ1) is 69.5. The van der Waals surface area contributed by atoms with Crippen molar-refractivity contribution in [1.82, 2.24) is 30.2 Å². The fourth-order valence-corrected chi connectivity index (χ4v) is 12.9. The first-order valence-electron chi connectivity index (χ1n) is 27.1. The van der Waals surface area contributed by atoms with Crippen molar-refractivity contribution in [1.29, 1.82) is 0 Å². The topological polar surface area (TPSA) is 252 Å². The molecule has 0 bridgehead atoms. The molecule has 2 aromatic heterocycles. The molecule has 0 unspecified atom stereocenters. The molecule has 2 fully saturated rings. The number of amidine groups is 2. The molecule has 0 radical (unpaired) electrons. The molecule has 2 aromatic carbocycles. The summed E-state index contributed by atoms with van der Waals surface area (Å²) in [5.41, 5.74) is 7.43. The van der Waals surface area contributed by atoms with E-state index in [4.69, 9.17) is 42.5 Å². The van der Waals surface area contributed by atoms with Crippen LogP contribution in [0.1, 0.15) is 81.1 Å². The lowest BCUT2D eigenvalue weighted by Gasteiger charge is -2.37. The Morgan fingerprint density at radius 2 is 1.30 bits per heavy atom. The van der Waals surface area contributed by atoms with Gasteiger partial charge in [0.1, 0.15) is 44.8 Å². The lowest BCUT2D eigenvalue weighted by Crippen LogP contribution is -2.47. The molecule has 6 N–H and O–H groups in total. The fraction of sp³-hybridized carbons (Fsp3) is 0.441. The van der Waals surface area contributed by atoms with Gasteiger partial charge in [-0.05, 0) is 101 Å². The predicted molar refractivity (Wildman–Crippen MR) is 323 cm³/mol. The van der Waals surface area contributed by atoms with Gasteiger partial charge in [-0.3, -0.25) is 19.6 Å². The number of nitrogens with zero attached hydrogens (tertiary/aromatic N) is 7. The van der Waals surface area contributed by atoms with E-state index in [0.29, 0.717) is 12.2 Å². The number of carboxylic acids is 1. The van der Waals surface area contributed by atoms with Crippen molar-refractivity contribution in [2.24, 2.45) is 33.3 Å². The second kappa shape index (κ2) is 28.7. The Hall–Kier alpha value is -7.57. The summed E-state index contributed by atoms with van der Waals surface area (Å²) in [6, 6.07) is 8.78. The Kier molecular flexibility index (Phi) is 22.7. The van der Waals surface area contributed by atoms with Crippen LogP contribution >= 0.6 is 23.5 Å². The number of aliphatic carboxylic acids is 1. The number of thioether (sulfide) groups is 2. The van der Waals surface area contributed by atoms with Gasteiger partial charge in [0.05, 0.1) is 49.0 Å². The van der Waals surface area contributed by atoms with Crippen molar-refractivity contribution in [2.45, 2.75) is 112 Å². The number of rotatable bonds is 20. The van der Waals surface area contributed by atoms with E-state index >= 15 is 13.2 Å². The molecule has 2 aliphatic carbocycles. The van der Waals surface area contributed by atoms with Gasteiger partial charge in [-0.1, -0.05) is 67.1 Å². The van der Waals surface area contributed by atoms with E-state index in [1.807, 2.05) is 0 Å². The largest absolute Gasteiger partial charge is 0.480 e. The minimum absolute atomic E-state index is 0.00880. The van der Waals surface area contributed by atoms with Crippen molar-refractivity contribution in [3.05, 3.63) is 106 Å². The number of aliphatic imine (C=N–C) groups is 2. The van der Waals surface area contributed by atoms with Crippen molar-refractivity contribution in [3.63, 3.8) is 0 Å². The Balaban J connectivity index is 0.000000268. The maximum Gasteiger partial charge on any atom is 0.418 e. The van der Waals surface area contributed by atoms with Gasteiger partial charge in [0.2, 0.25) is 17.7 Å². The van der Waals surface area contributed by atoms with Gasteiger partial charge in [0.25, 0.3) is 12.9 Å². The van der Waals surface area contributed by atoms with Gasteiger partial charge in [-0.15, -0.1) is 12.8 Å². The van der Waals surface area contributed by atoms with Crippen LogP contribution in [-0.2, 0) is 30.1 Å². The molecule has 4 aromatic rings. The van der Waals surface area contributed by atoms with E-state index in [-0.39, 0.29) is 83.0 Å². The molecule has 0 spiro atoms. The van der Waals surface area contributed by atoms with Crippen LogP contribution in [0.25, 0.3) is 23.8 Å². The van der Waals surface area contributed by atoms with Gasteiger partial charge in [0.15, 0.2) is 35.2 Å². The molecule has 0 saturated heterocycles. The highest BCUT2D eigenvalue weighted by molar-refractivity contribution is 8.16. The van der Waals surface area contributed by atoms with Crippen LogP contribution in [-0.4, -0.2) is 134 Å². The molecule has 4 heterocycles. The Labute approximate surface area is 513 Å². The van der Waals surface area contributed by atoms with Crippen molar-refractivity contribution in [3.8, 4) is 36.4 Å². The summed E-state index contributed by atoms with van der Waals surface area (Å²) in [5, 5.41) is 12.7. The van der Waals surface area contributed by atoms with Crippen LogP contribution in [0.15, 0.2) is 71.2 Å². The number of halogens is 8. The number of carboxylic acid groups (broad SMARTS) is 1. The summed E-state index contributed by atoms with van der Waals surface area (Å²) in [4.78, 5) is 65.2. The quantitative estimate of drug-likeness (QED) is 0.0211. The summed E-state index contributed by atoms with van der Waals surface area (Å²) < 4.78 is 127. The first-order chi connectivity index (χ1) is 41.2. The lowest BCUT2D eigenvalue weighted by molar-refractivity contribution is -0.137. The molecule has 18 nitrogen and oxygen atoms in total. The fourth-order valence-electron chi connectivity index (χ4n) is 9.28. The Bertz CT molecular complexity index is 3420. The number of terminal acetylenes is 2. The zero-order valence-corrected chi connectivity index (χ0v) is 51.8. The number of amides is 2. The highest BCUT2D eigenvalue weighted by Gasteiger charge is 2.72. The Morgan fingerprint density at radius 1 is 0.807 bits per heavy atom. The summed E-state index contributed by atoms with van der Waals surface area (Å²) in [6.07, 6.45) is 12.0. The van der Waals surface area contributed by atoms with Crippen LogP contribution in [0.4, 0.5) is 39.9 Å². The van der Waals surface area contributed by atoms with Crippen molar-refractivity contribution >= 4 is 83.7 Å². The number of alkyl halides is 4. The highest BCUT2D eigenvalue weighted by atomic mass is 32.2. The molecule has 8 rings (SSSR count). The third-order valence-corrected chi connectivity index (χ3v) is 18.3. The molecule has 2 aliphatic heterocycles. The molecule has 4 aliphatic rings. The number of benzene rings is 2. The zero-order valence-electron chi connectivity index (χ0n) is 49.2. The van der Waals surface area contributed by atoms with Gasteiger partial charge in [0, 0.05) is 37.6 Å². The number of carbonyl (C=O) groups is 3. The van der Waals surface area contributed by atoms with Gasteiger partial charge in [-0.2, -0.15) is 0 Å². The van der Waals surface area contributed by atoms with Crippen molar-refractivity contribution in [2.75, 3.05) is 39.6 Å². The summed E-state index contributed by atoms with van der Waals surface area (Å²) in [6.45, 7) is 13.8. The van der Waals surface area contributed by atoms with Crippen LogP contribution in [0.5, 0.6) is 11.8 Å². The second-order valence-corrected chi connectivity index (χ2v) is 31.1. The van der Waals surface area contributed by atoms with E-state index in [1.54, 1.807) is 34.6 Å². The van der Waals surface area contributed by atoms with Gasteiger partial charge < -0.3 is 40.8 Å². The average molecular weight is 1290 g/mol. The number of carbonyl (C=O) groups excluding carboxylic acids is 2. The molecule has 2 saturated carbocycles. The second-order valence-electron chi connectivity index (χ2n) is 22.9. The number of nitrogens with two attached hydrogens (primary N) is 2. The summed E-state index contributed by atoms with van der Waals surface area (Å²) in [7, 11) is -1.45. The first-order valence-corrected chi connectivity index (χ1v) is 32.4. The van der Waals surface area contributed by atoms with E-state index < -0.39 is 113 Å². The molecule has 6 atom stereocenters. The number of hydrogen-bond acceptors (Lipinski definition) is 17. The van der Waals surface area contributed by atoms with Gasteiger partial charge >= 0.3 is 12.1 Å². The molecular weight excluding hydrogens is 1220 g/mol. The third kappa shape index (κ3) is 17.4. The van der Waals surface area contributed by atoms with Crippen LogP contribution < -0.4 is 26.3 Å². The smallest absolute Gasteiger partial charge is 0.418 e. The standard InChI is InChI=1S/C33H40F2N4O6SSi.C24H21F4N5O2S.C2H5F2N/c1-9-12-44-27-19-36-25(18-37-27)24(35)16-21-10-11-23(34)22(15-21)32(5)26-17-33(26,28(40)41)46-29(38-32)39(30(42)45-31(2,3)4)20-43-13-14-47(6,7)8;1-3-6-35-20-12-30-17(10-31-20)16(26)8-13-4-5-15(25)14(7-13)23(2)18-9-24(18,36-22(29)33-23)21(34)32-11-19(27)28;3-2(4)1-5/h1,10-11,15-16,18-19,26H,12-14,17,20H2,2-8H3,(H,40,41);1,4-5,7-8,10,12,18-19H,6,9,11H2,2H3,(H2,29,33)(H,32,34);2H,1,5H2/b24-16-;16-8-;/t26-,32+,33-;18-,23+,24-;/m00./s1. The predicted octanol–water partition coefficient (Wildman–Crippen LogP) is 10.5. The van der Waals surface area contributed by atoms with Crippen LogP contribution in [0.3, 0.4) is 0 Å². The minimum Gasteiger partial charge on any atom is -0.480 e. The summed E-state index contributed by atoms with van der Waals surface area (Å²) in [5.74, 6) is -0.732. The molecule has 88 heavy (non-hydrogen) atoms. The Morgan fingerprint density at radius 3 is 1.73 bits per heavy atom. The summed E-state index contributed by atoms with van der Waals surface area (Å²) >= 11 is 1.92. The number of hydrogen-bond donors (Lipinski definition) is 4.